The Morgan fingerprint density at radius 3 is 2.27 bits per heavy atom. The van der Waals surface area contributed by atoms with Crippen LogP contribution in [0.5, 0.6) is 0 Å². The Hall–Kier alpha value is -1.56. The molecule has 1 aromatic rings. The summed E-state index contributed by atoms with van der Waals surface area (Å²) in [5.41, 5.74) is 7.93. The third-order valence-electron chi connectivity index (χ3n) is 6.64. The number of benzene rings is 1. The molecule has 0 aliphatic heterocycles. The van der Waals surface area contributed by atoms with E-state index in [2.05, 4.69) is 84.1 Å². The molecule has 0 nitrogen and oxygen atoms in total. The molecule has 0 N–H and O–H groups in total. The van der Waals surface area contributed by atoms with Gasteiger partial charge in [-0.25, -0.2) is 0 Å². The molecule has 0 saturated carbocycles. The lowest BCUT2D eigenvalue weighted by Crippen LogP contribution is -2.51. The number of hydrogen-bond donors (Lipinski definition) is 0. The molecule has 0 fully saturated rings. The van der Waals surface area contributed by atoms with Crippen LogP contribution in [0.2, 0.25) is 0 Å². The van der Waals surface area contributed by atoms with Crippen molar-refractivity contribution in [2.75, 3.05) is 0 Å². The molecule has 0 radical (unpaired) electrons. The Balaban J connectivity index is 0.00000109. The van der Waals surface area contributed by atoms with E-state index < -0.39 is 0 Å². The van der Waals surface area contributed by atoms with Crippen LogP contribution in [0, 0.1) is 12.3 Å². The average Bonchev–Trinajstić information content (AvgIpc) is 2.59. The van der Waals surface area contributed by atoms with Crippen LogP contribution in [0.1, 0.15) is 96.9 Å². The Kier molecular flexibility index (Phi) is 7.28. The van der Waals surface area contributed by atoms with Gasteiger partial charge < -0.3 is 0 Å². The molecule has 2 aliphatic rings. The third kappa shape index (κ3) is 3.48. The molecule has 144 valence electrons. The summed E-state index contributed by atoms with van der Waals surface area (Å²) in [5.74, 6) is 0.626. The maximum atomic E-state index is 2.50. The van der Waals surface area contributed by atoms with E-state index in [1.165, 1.54) is 23.1 Å². The number of aryl methyl sites for hydroxylation is 1. The SMILES string of the molecule is C.CC.C\C1=C/C=C\C=C\CCC(C)(C)C2(C)c3c1cc(C)cc3C2C. The van der Waals surface area contributed by atoms with Crippen molar-refractivity contribution in [1.82, 2.24) is 0 Å². The fraction of sp³-hybridized carbons (Fsp3) is 0.538. The first-order valence-corrected chi connectivity index (χ1v) is 9.94. The summed E-state index contributed by atoms with van der Waals surface area (Å²) in [6.07, 6.45) is 13.5. The Bertz CT molecular complexity index is 712. The van der Waals surface area contributed by atoms with Gasteiger partial charge in [-0.2, -0.15) is 0 Å². The Morgan fingerprint density at radius 1 is 0.962 bits per heavy atom. The van der Waals surface area contributed by atoms with Gasteiger partial charge in [0, 0.05) is 5.41 Å². The standard InChI is InChI=1S/C23H30.C2H6.CH4/c1-16-14-19-17(2)12-10-8-7-9-11-13-22(4,5)23(6)18(3)20(15-16)21(19)23;1-2;/h7-10,12,14-15,18H,11,13H2,1-6H3;1-2H3;1H4/b9-7+,10-8-,17-12+;;. The molecule has 0 heteroatoms. The maximum absolute atomic E-state index is 2.50. The smallest absolute Gasteiger partial charge is 0.00508 e. The van der Waals surface area contributed by atoms with Crippen LogP contribution in [-0.2, 0) is 5.41 Å². The first-order chi connectivity index (χ1) is 11.8. The van der Waals surface area contributed by atoms with Crippen molar-refractivity contribution in [3.05, 3.63) is 64.8 Å². The first kappa shape index (κ1) is 22.5. The summed E-state index contributed by atoms with van der Waals surface area (Å²) >= 11 is 0. The second kappa shape index (κ2) is 8.42. The van der Waals surface area contributed by atoms with Gasteiger partial charge in [0.2, 0.25) is 0 Å². The lowest BCUT2D eigenvalue weighted by molar-refractivity contribution is 0.107. The molecule has 2 atom stereocenters. The molecule has 3 rings (SSSR count). The van der Waals surface area contributed by atoms with Crippen molar-refractivity contribution in [3.8, 4) is 0 Å². The Morgan fingerprint density at radius 2 is 1.62 bits per heavy atom. The van der Waals surface area contributed by atoms with Crippen LogP contribution in [0.15, 0.2) is 42.5 Å². The fourth-order valence-electron chi connectivity index (χ4n) is 4.65. The molecule has 2 unspecified atom stereocenters. The van der Waals surface area contributed by atoms with Crippen LogP contribution < -0.4 is 0 Å². The van der Waals surface area contributed by atoms with Gasteiger partial charge in [0.1, 0.15) is 0 Å². The van der Waals surface area contributed by atoms with Gasteiger partial charge in [0.25, 0.3) is 0 Å². The van der Waals surface area contributed by atoms with Crippen LogP contribution in [0.3, 0.4) is 0 Å². The highest BCUT2D eigenvalue weighted by Crippen LogP contribution is 2.63. The van der Waals surface area contributed by atoms with E-state index >= 15 is 0 Å². The maximum Gasteiger partial charge on any atom is 0.00508 e. The summed E-state index contributed by atoms with van der Waals surface area (Å²) in [4.78, 5) is 0. The molecule has 0 amide bonds. The zero-order valence-corrected chi connectivity index (χ0v) is 17.5. The van der Waals surface area contributed by atoms with Gasteiger partial charge in [0.05, 0.1) is 0 Å². The highest BCUT2D eigenvalue weighted by atomic mass is 14.6. The van der Waals surface area contributed by atoms with Crippen molar-refractivity contribution in [2.45, 2.75) is 87.0 Å². The zero-order chi connectivity index (χ0) is 18.8. The van der Waals surface area contributed by atoms with Crippen molar-refractivity contribution < 1.29 is 0 Å². The van der Waals surface area contributed by atoms with E-state index in [9.17, 15) is 0 Å². The summed E-state index contributed by atoms with van der Waals surface area (Å²) in [6, 6.07) is 4.80. The number of hydrogen-bond acceptors (Lipinski definition) is 0. The van der Waals surface area contributed by atoms with Crippen molar-refractivity contribution in [3.63, 3.8) is 0 Å². The zero-order valence-electron chi connectivity index (χ0n) is 17.5. The van der Waals surface area contributed by atoms with E-state index in [1.54, 1.807) is 11.1 Å². The highest BCUT2D eigenvalue weighted by molar-refractivity contribution is 5.74. The van der Waals surface area contributed by atoms with E-state index in [4.69, 9.17) is 0 Å². The van der Waals surface area contributed by atoms with E-state index in [-0.39, 0.29) is 18.3 Å². The van der Waals surface area contributed by atoms with Gasteiger partial charge in [-0.1, -0.05) is 97.0 Å². The molecule has 26 heavy (non-hydrogen) atoms. The molecule has 0 saturated heterocycles. The summed E-state index contributed by atoms with van der Waals surface area (Å²) in [6.45, 7) is 18.3. The predicted octanol–water partition coefficient (Wildman–Crippen LogP) is 8.37. The summed E-state index contributed by atoms with van der Waals surface area (Å²) in [5, 5.41) is 0. The second-order valence-electron chi connectivity index (χ2n) is 8.29. The largest absolute Gasteiger partial charge is 0.0845 e. The van der Waals surface area contributed by atoms with Crippen LogP contribution in [0.4, 0.5) is 0 Å². The first-order valence-electron chi connectivity index (χ1n) is 9.94. The molecular formula is C26H40. The summed E-state index contributed by atoms with van der Waals surface area (Å²) in [7, 11) is 0. The fourth-order valence-corrected chi connectivity index (χ4v) is 4.65. The minimum Gasteiger partial charge on any atom is -0.0845 e. The van der Waals surface area contributed by atoms with Gasteiger partial charge in [-0.15, -0.1) is 0 Å². The van der Waals surface area contributed by atoms with Crippen molar-refractivity contribution >= 4 is 5.57 Å². The molecule has 0 spiro atoms. The highest BCUT2D eigenvalue weighted by Gasteiger charge is 2.55. The minimum absolute atomic E-state index is 0. The quantitative estimate of drug-likeness (QED) is 0.440. The van der Waals surface area contributed by atoms with Crippen LogP contribution in [-0.4, -0.2) is 0 Å². The monoisotopic (exact) mass is 352 g/mol. The predicted molar refractivity (Wildman–Crippen MR) is 120 cm³/mol. The minimum atomic E-state index is 0. The van der Waals surface area contributed by atoms with Gasteiger partial charge in [-0.3, -0.25) is 0 Å². The van der Waals surface area contributed by atoms with E-state index in [0.717, 1.165) is 6.42 Å². The lowest BCUT2D eigenvalue weighted by Gasteiger charge is -2.58. The normalized spacial score (nSPS) is 30.3. The molecule has 0 bridgehead atoms. The molecule has 0 heterocycles. The van der Waals surface area contributed by atoms with Gasteiger partial charge in [-0.05, 0) is 60.3 Å². The molecule has 1 aromatic carbocycles. The van der Waals surface area contributed by atoms with Crippen molar-refractivity contribution in [1.29, 1.82) is 0 Å². The number of rotatable bonds is 0. The third-order valence-corrected chi connectivity index (χ3v) is 6.64. The van der Waals surface area contributed by atoms with Crippen LogP contribution in [0.25, 0.3) is 5.57 Å². The topological polar surface area (TPSA) is 0 Å². The van der Waals surface area contributed by atoms with E-state index in [0.29, 0.717) is 5.92 Å². The molecule has 2 aliphatic carbocycles. The molecular weight excluding hydrogens is 312 g/mol. The second-order valence-corrected chi connectivity index (χ2v) is 8.29. The summed E-state index contributed by atoms with van der Waals surface area (Å²) < 4.78 is 0. The van der Waals surface area contributed by atoms with Gasteiger partial charge >= 0.3 is 0 Å². The van der Waals surface area contributed by atoms with Gasteiger partial charge in [0.15, 0.2) is 0 Å². The van der Waals surface area contributed by atoms with Crippen LogP contribution >= 0.6 is 0 Å². The Labute approximate surface area is 163 Å². The lowest BCUT2D eigenvalue weighted by atomic mass is 9.45. The average molecular weight is 353 g/mol. The van der Waals surface area contributed by atoms with Crippen molar-refractivity contribution in [2.24, 2.45) is 5.41 Å². The van der Waals surface area contributed by atoms with E-state index in [1.807, 2.05) is 13.8 Å². The number of allylic oxidation sites excluding steroid dienone is 6. The molecule has 0 aromatic heterocycles.